The van der Waals surface area contributed by atoms with Crippen molar-refractivity contribution < 1.29 is 4.42 Å². The van der Waals surface area contributed by atoms with Crippen LogP contribution in [0.15, 0.2) is 34.9 Å². The molecule has 5 heteroatoms. The molecule has 17 heavy (non-hydrogen) atoms. The van der Waals surface area contributed by atoms with Crippen molar-refractivity contribution in [3.63, 3.8) is 0 Å². The second kappa shape index (κ2) is 4.03. The average molecular weight is 228 g/mol. The third-order valence-electron chi connectivity index (χ3n) is 2.63. The van der Waals surface area contributed by atoms with Crippen molar-refractivity contribution >= 4 is 11.0 Å². The molecule has 0 aliphatic heterocycles. The summed E-state index contributed by atoms with van der Waals surface area (Å²) in [6, 6.07) is 7.82. The first-order valence-corrected chi connectivity index (χ1v) is 5.46. The highest BCUT2D eigenvalue weighted by Crippen LogP contribution is 2.27. The topological polar surface area (TPSA) is 80.7 Å². The SMILES string of the molecule is NCCc1nc(-c2coc3ccccc23)n[nH]1. The molecule has 0 saturated carbocycles. The van der Waals surface area contributed by atoms with E-state index in [1.807, 2.05) is 24.3 Å². The lowest BCUT2D eigenvalue weighted by atomic mass is 10.2. The van der Waals surface area contributed by atoms with E-state index in [-0.39, 0.29) is 0 Å². The lowest BCUT2D eigenvalue weighted by Crippen LogP contribution is -2.03. The maximum atomic E-state index is 5.47. The number of fused-ring (bicyclic) bond motifs is 1. The van der Waals surface area contributed by atoms with Crippen molar-refractivity contribution in [2.24, 2.45) is 5.73 Å². The van der Waals surface area contributed by atoms with Crippen LogP contribution >= 0.6 is 0 Å². The second-order valence-electron chi connectivity index (χ2n) is 3.79. The van der Waals surface area contributed by atoms with E-state index in [0.29, 0.717) is 18.8 Å². The van der Waals surface area contributed by atoms with Crippen LogP contribution < -0.4 is 5.73 Å². The van der Waals surface area contributed by atoms with Crippen LogP contribution in [0.2, 0.25) is 0 Å². The standard InChI is InChI=1S/C12H12N4O/c13-6-5-11-14-12(16-15-11)9-7-17-10-4-2-1-3-8(9)10/h1-4,7H,5-6,13H2,(H,14,15,16). The van der Waals surface area contributed by atoms with E-state index >= 15 is 0 Å². The predicted octanol–water partition coefficient (Wildman–Crippen LogP) is 1.72. The fraction of sp³-hybridized carbons (Fsp3) is 0.167. The molecule has 0 atom stereocenters. The van der Waals surface area contributed by atoms with Gasteiger partial charge in [-0.2, -0.15) is 5.10 Å². The number of H-pyrrole nitrogens is 1. The number of nitrogens with two attached hydrogens (primary N) is 1. The smallest absolute Gasteiger partial charge is 0.185 e. The summed E-state index contributed by atoms with van der Waals surface area (Å²) in [6.07, 6.45) is 2.38. The molecule has 0 fully saturated rings. The Morgan fingerprint density at radius 3 is 3.06 bits per heavy atom. The maximum absolute atomic E-state index is 5.47. The molecule has 2 heterocycles. The molecule has 3 N–H and O–H groups in total. The summed E-state index contributed by atoms with van der Waals surface area (Å²) in [5, 5.41) is 8.07. The molecule has 3 aromatic rings. The molecule has 1 aromatic carbocycles. The zero-order valence-corrected chi connectivity index (χ0v) is 9.18. The number of benzene rings is 1. The van der Waals surface area contributed by atoms with Crippen molar-refractivity contribution in [3.05, 3.63) is 36.4 Å². The van der Waals surface area contributed by atoms with Crippen molar-refractivity contribution in [1.82, 2.24) is 15.2 Å². The van der Waals surface area contributed by atoms with Gasteiger partial charge in [-0.05, 0) is 12.6 Å². The fourth-order valence-electron chi connectivity index (χ4n) is 1.82. The first kappa shape index (κ1) is 10.0. The Kier molecular flexibility index (Phi) is 2.38. The Morgan fingerprint density at radius 2 is 2.18 bits per heavy atom. The minimum absolute atomic E-state index is 0.556. The van der Waals surface area contributed by atoms with Gasteiger partial charge in [0.2, 0.25) is 0 Å². The van der Waals surface area contributed by atoms with Gasteiger partial charge in [-0.3, -0.25) is 5.10 Å². The van der Waals surface area contributed by atoms with Crippen molar-refractivity contribution in [2.45, 2.75) is 6.42 Å². The monoisotopic (exact) mass is 228 g/mol. The maximum Gasteiger partial charge on any atom is 0.185 e. The predicted molar refractivity (Wildman–Crippen MR) is 64.3 cm³/mol. The molecule has 0 saturated heterocycles. The summed E-state index contributed by atoms with van der Waals surface area (Å²) < 4.78 is 5.45. The molecule has 86 valence electrons. The van der Waals surface area contributed by atoms with Crippen LogP contribution in [0.3, 0.4) is 0 Å². The van der Waals surface area contributed by atoms with Crippen molar-refractivity contribution in [1.29, 1.82) is 0 Å². The summed E-state index contributed by atoms with van der Waals surface area (Å²) in [6.45, 7) is 0.556. The van der Waals surface area contributed by atoms with Gasteiger partial charge in [-0.25, -0.2) is 4.98 Å². The van der Waals surface area contributed by atoms with Crippen LogP contribution in [-0.2, 0) is 6.42 Å². The molecular formula is C12H12N4O. The number of aromatic nitrogens is 3. The lowest BCUT2D eigenvalue weighted by Gasteiger charge is -1.90. The Morgan fingerprint density at radius 1 is 1.29 bits per heavy atom. The van der Waals surface area contributed by atoms with E-state index in [0.717, 1.165) is 22.4 Å². The van der Waals surface area contributed by atoms with Crippen LogP contribution in [0.25, 0.3) is 22.4 Å². The fourth-order valence-corrected chi connectivity index (χ4v) is 1.82. The van der Waals surface area contributed by atoms with Crippen LogP contribution in [0.5, 0.6) is 0 Å². The summed E-state index contributed by atoms with van der Waals surface area (Å²) in [5.74, 6) is 1.45. The third-order valence-corrected chi connectivity index (χ3v) is 2.63. The van der Waals surface area contributed by atoms with Crippen LogP contribution in [0, 0.1) is 0 Å². The van der Waals surface area contributed by atoms with Crippen LogP contribution in [0.1, 0.15) is 5.82 Å². The zero-order valence-electron chi connectivity index (χ0n) is 9.18. The zero-order chi connectivity index (χ0) is 11.7. The number of hydrogen-bond acceptors (Lipinski definition) is 4. The van der Waals surface area contributed by atoms with Crippen molar-refractivity contribution in [3.8, 4) is 11.4 Å². The number of nitrogens with zero attached hydrogens (tertiary/aromatic N) is 2. The quantitative estimate of drug-likeness (QED) is 0.715. The first-order valence-electron chi connectivity index (χ1n) is 5.46. The second-order valence-corrected chi connectivity index (χ2v) is 3.79. The number of hydrogen-bond donors (Lipinski definition) is 2. The van der Waals surface area contributed by atoms with Crippen LogP contribution in [-0.4, -0.2) is 21.7 Å². The molecule has 0 aliphatic rings. The first-order chi connectivity index (χ1) is 8.38. The molecule has 0 bridgehead atoms. The largest absolute Gasteiger partial charge is 0.464 e. The Balaban J connectivity index is 2.07. The summed E-state index contributed by atoms with van der Waals surface area (Å²) in [4.78, 5) is 4.39. The van der Waals surface area contributed by atoms with Gasteiger partial charge in [0.05, 0.1) is 5.56 Å². The number of nitrogens with one attached hydrogen (secondary N) is 1. The summed E-state index contributed by atoms with van der Waals surface area (Å²) >= 11 is 0. The number of para-hydroxylation sites is 1. The average Bonchev–Trinajstić information content (AvgIpc) is 2.95. The lowest BCUT2D eigenvalue weighted by molar-refractivity contribution is 0.616. The Labute approximate surface area is 97.7 Å². The molecule has 2 aromatic heterocycles. The third kappa shape index (κ3) is 1.70. The molecule has 3 rings (SSSR count). The normalized spacial score (nSPS) is 11.1. The van der Waals surface area contributed by atoms with Gasteiger partial charge in [0.15, 0.2) is 5.82 Å². The Bertz CT molecular complexity index is 641. The molecule has 5 nitrogen and oxygen atoms in total. The molecule has 0 aliphatic carbocycles. The summed E-state index contributed by atoms with van der Waals surface area (Å²) in [5.41, 5.74) is 7.22. The molecule has 0 spiro atoms. The highest BCUT2D eigenvalue weighted by molar-refractivity contribution is 5.91. The molecular weight excluding hydrogens is 216 g/mol. The number of furan rings is 1. The van der Waals surface area contributed by atoms with E-state index in [2.05, 4.69) is 15.2 Å². The minimum Gasteiger partial charge on any atom is -0.464 e. The van der Waals surface area contributed by atoms with Gasteiger partial charge in [-0.15, -0.1) is 0 Å². The molecule has 0 unspecified atom stereocenters. The van der Waals surface area contributed by atoms with Gasteiger partial charge in [0, 0.05) is 11.8 Å². The van der Waals surface area contributed by atoms with Crippen molar-refractivity contribution in [2.75, 3.05) is 6.54 Å². The van der Waals surface area contributed by atoms with Gasteiger partial charge in [-0.1, -0.05) is 18.2 Å². The number of rotatable bonds is 3. The molecule has 0 radical (unpaired) electrons. The van der Waals surface area contributed by atoms with E-state index in [4.69, 9.17) is 10.2 Å². The van der Waals surface area contributed by atoms with E-state index in [9.17, 15) is 0 Å². The Hall–Kier alpha value is -2.14. The van der Waals surface area contributed by atoms with Gasteiger partial charge < -0.3 is 10.2 Å². The summed E-state index contributed by atoms with van der Waals surface area (Å²) in [7, 11) is 0. The van der Waals surface area contributed by atoms with Gasteiger partial charge >= 0.3 is 0 Å². The van der Waals surface area contributed by atoms with Crippen LogP contribution in [0.4, 0.5) is 0 Å². The highest BCUT2D eigenvalue weighted by Gasteiger charge is 2.11. The minimum atomic E-state index is 0.556. The van der Waals surface area contributed by atoms with E-state index < -0.39 is 0 Å². The van der Waals surface area contributed by atoms with Gasteiger partial charge in [0.1, 0.15) is 17.7 Å². The molecule has 0 amide bonds. The number of aromatic amines is 1. The van der Waals surface area contributed by atoms with Gasteiger partial charge in [0.25, 0.3) is 0 Å². The highest BCUT2D eigenvalue weighted by atomic mass is 16.3. The van der Waals surface area contributed by atoms with E-state index in [1.165, 1.54) is 0 Å². The van der Waals surface area contributed by atoms with E-state index in [1.54, 1.807) is 6.26 Å².